The summed E-state index contributed by atoms with van der Waals surface area (Å²) in [5.74, 6) is 0.658. The van der Waals surface area contributed by atoms with Gasteiger partial charge in [0, 0.05) is 20.2 Å². The lowest BCUT2D eigenvalue weighted by Gasteiger charge is -2.33. The van der Waals surface area contributed by atoms with E-state index in [2.05, 4.69) is 11.8 Å². The summed E-state index contributed by atoms with van der Waals surface area (Å²) < 4.78 is 5.40. The molecule has 3 heteroatoms. The molecule has 2 atom stereocenters. The molecule has 0 saturated carbocycles. The van der Waals surface area contributed by atoms with E-state index in [-0.39, 0.29) is 0 Å². The van der Waals surface area contributed by atoms with Crippen molar-refractivity contribution in [1.82, 2.24) is 4.90 Å². The van der Waals surface area contributed by atoms with Gasteiger partial charge >= 0.3 is 0 Å². The highest BCUT2D eigenvalue weighted by molar-refractivity contribution is 4.75. The van der Waals surface area contributed by atoms with Crippen molar-refractivity contribution in [2.24, 2.45) is 11.7 Å². The Morgan fingerprint density at radius 3 is 2.93 bits per heavy atom. The number of nitrogens with zero attached hydrogens (tertiary/aromatic N) is 1. The van der Waals surface area contributed by atoms with Crippen LogP contribution < -0.4 is 5.73 Å². The van der Waals surface area contributed by atoms with Gasteiger partial charge in [-0.25, -0.2) is 0 Å². The van der Waals surface area contributed by atoms with E-state index in [0.717, 1.165) is 19.6 Å². The zero-order valence-electron chi connectivity index (χ0n) is 9.54. The summed E-state index contributed by atoms with van der Waals surface area (Å²) in [7, 11) is 1.81. The Morgan fingerprint density at radius 2 is 2.36 bits per heavy atom. The van der Waals surface area contributed by atoms with Crippen LogP contribution in [-0.4, -0.2) is 44.3 Å². The number of ether oxygens (including phenoxy) is 1. The lowest BCUT2D eigenvalue weighted by molar-refractivity contribution is 0.0261. The molecule has 0 aromatic rings. The minimum Gasteiger partial charge on any atom is -0.380 e. The summed E-state index contributed by atoms with van der Waals surface area (Å²) >= 11 is 0. The third-order valence-corrected chi connectivity index (χ3v) is 3.22. The molecular formula is C11H24N2O. The van der Waals surface area contributed by atoms with Crippen LogP contribution in [0.1, 0.15) is 26.2 Å². The van der Waals surface area contributed by atoms with Crippen LogP contribution in [0.5, 0.6) is 0 Å². The molecule has 0 radical (unpaired) electrons. The van der Waals surface area contributed by atoms with Crippen molar-refractivity contribution in [1.29, 1.82) is 0 Å². The van der Waals surface area contributed by atoms with Crippen molar-refractivity contribution < 1.29 is 4.74 Å². The average molecular weight is 200 g/mol. The van der Waals surface area contributed by atoms with Crippen molar-refractivity contribution >= 4 is 0 Å². The van der Waals surface area contributed by atoms with Crippen LogP contribution in [0.4, 0.5) is 0 Å². The SMILES string of the molecule is CCC(CN)CN1CCCC(OC)C1. The molecule has 1 rings (SSSR count). The van der Waals surface area contributed by atoms with Gasteiger partial charge in [-0.2, -0.15) is 0 Å². The zero-order chi connectivity index (χ0) is 10.4. The van der Waals surface area contributed by atoms with Crippen LogP contribution in [0.3, 0.4) is 0 Å². The van der Waals surface area contributed by atoms with E-state index >= 15 is 0 Å². The molecule has 0 bridgehead atoms. The van der Waals surface area contributed by atoms with Gasteiger partial charge in [0.05, 0.1) is 6.10 Å². The number of piperidine rings is 1. The monoisotopic (exact) mass is 200 g/mol. The van der Waals surface area contributed by atoms with Crippen molar-refractivity contribution in [3.8, 4) is 0 Å². The van der Waals surface area contributed by atoms with Crippen LogP contribution in [0.25, 0.3) is 0 Å². The second-order valence-corrected chi connectivity index (χ2v) is 4.27. The van der Waals surface area contributed by atoms with Gasteiger partial charge in [0.1, 0.15) is 0 Å². The van der Waals surface area contributed by atoms with Gasteiger partial charge in [-0.1, -0.05) is 13.3 Å². The van der Waals surface area contributed by atoms with Gasteiger partial charge < -0.3 is 15.4 Å². The molecule has 1 aliphatic heterocycles. The van der Waals surface area contributed by atoms with Crippen molar-refractivity contribution in [2.45, 2.75) is 32.3 Å². The predicted octanol–water partition coefficient (Wildman–Crippen LogP) is 1.08. The summed E-state index contributed by atoms with van der Waals surface area (Å²) in [6.45, 7) is 6.48. The maximum atomic E-state index is 5.71. The topological polar surface area (TPSA) is 38.5 Å². The first-order valence-electron chi connectivity index (χ1n) is 5.75. The fourth-order valence-corrected chi connectivity index (χ4v) is 2.11. The highest BCUT2D eigenvalue weighted by Gasteiger charge is 2.20. The molecule has 0 aliphatic carbocycles. The predicted molar refractivity (Wildman–Crippen MR) is 59.3 cm³/mol. The van der Waals surface area contributed by atoms with Gasteiger partial charge in [0.25, 0.3) is 0 Å². The molecule has 3 nitrogen and oxygen atoms in total. The molecular weight excluding hydrogens is 176 g/mol. The molecule has 84 valence electrons. The molecule has 0 spiro atoms. The third-order valence-electron chi connectivity index (χ3n) is 3.22. The Kier molecular flexibility index (Phi) is 5.45. The van der Waals surface area contributed by atoms with E-state index in [4.69, 9.17) is 10.5 Å². The molecule has 1 heterocycles. The van der Waals surface area contributed by atoms with Gasteiger partial charge in [-0.3, -0.25) is 0 Å². The quantitative estimate of drug-likeness (QED) is 0.722. The highest BCUT2D eigenvalue weighted by atomic mass is 16.5. The first kappa shape index (κ1) is 12.0. The first-order valence-corrected chi connectivity index (χ1v) is 5.75. The van der Waals surface area contributed by atoms with Crippen molar-refractivity contribution in [3.05, 3.63) is 0 Å². The second-order valence-electron chi connectivity index (χ2n) is 4.27. The number of hydrogen-bond acceptors (Lipinski definition) is 3. The number of likely N-dealkylation sites (tertiary alicyclic amines) is 1. The molecule has 0 aromatic heterocycles. The van der Waals surface area contributed by atoms with E-state index in [1.807, 2.05) is 7.11 Å². The van der Waals surface area contributed by atoms with Crippen LogP contribution in [0.2, 0.25) is 0 Å². The minimum absolute atomic E-state index is 0.444. The summed E-state index contributed by atoms with van der Waals surface area (Å²) in [6, 6.07) is 0. The minimum atomic E-state index is 0.444. The van der Waals surface area contributed by atoms with Gasteiger partial charge in [-0.15, -0.1) is 0 Å². The molecule has 2 unspecified atom stereocenters. The summed E-state index contributed by atoms with van der Waals surface area (Å²) in [5.41, 5.74) is 5.71. The van der Waals surface area contributed by atoms with Crippen molar-refractivity contribution in [2.75, 3.05) is 33.3 Å². The van der Waals surface area contributed by atoms with E-state index in [1.54, 1.807) is 0 Å². The number of nitrogens with two attached hydrogens (primary N) is 1. The fraction of sp³-hybridized carbons (Fsp3) is 1.00. The largest absolute Gasteiger partial charge is 0.380 e. The Hall–Kier alpha value is -0.120. The normalized spacial score (nSPS) is 26.4. The van der Waals surface area contributed by atoms with Crippen LogP contribution in [-0.2, 0) is 4.74 Å². The summed E-state index contributed by atoms with van der Waals surface area (Å²) in [5, 5.41) is 0. The van der Waals surface area contributed by atoms with Crippen LogP contribution >= 0.6 is 0 Å². The van der Waals surface area contributed by atoms with Gasteiger partial charge in [0.2, 0.25) is 0 Å². The smallest absolute Gasteiger partial charge is 0.0698 e. The Labute approximate surface area is 87.6 Å². The fourth-order valence-electron chi connectivity index (χ4n) is 2.11. The molecule has 1 saturated heterocycles. The summed E-state index contributed by atoms with van der Waals surface area (Å²) in [6.07, 6.45) is 4.11. The third kappa shape index (κ3) is 3.56. The molecule has 1 fully saturated rings. The zero-order valence-corrected chi connectivity index (χ0v) is 9.54. The second kappa shape index (κ2) is 6.38. The van der Waals surface area contributed by atoms with Crippen LogP contribution in [0, 0.1) is 5.92 Å². The van der Waals surface area contributed by atoms with E-state index in [1.165, 1.54) is 25.8 Å². The van der Waals surface area contributed by atoms with Crippen LogP contribution in [0.15, 0.2) is 0 Å². The van der Waals surface area contributed by atoms with E-state index in [0.29, 0.717) is 12.0 Å². The van der Waals surface area contributed by atoms with Crippen molar-refractivity contribution in [3.63, 3.8) is 0 Å². The Morgan fingerprint density at radius 1 is 1.57 bits per heavy atom. The standard InChI is InChI=1S/C11H24N2O/c1-3-10(7-12)8-13-6-4-5-11(9-13)14-2/h10-11H,3-9,12H2,1-2H3. The number of methoxy groups -OCH3 is 1. The Bertz CT molecular complexity index is 148. The molecule has 14 heavy (non-hydrogen) atoms. The molecule has 1 aliphatic rings. The van der Waals surface area contributed by atoms with Gasteiger partial charge in [0.15, 0.2) is 0 Å². The van der Waals surface area contributed by atoms with Gasteiger partial charge in [-0.05, 0) is 31.8 Å². The number of rotatable bonds is 5. The molecule has 0 amide bonds. The first-order chi connectivity index (χ1) is 6.80. The lowest BCUT2D eigenvalue weighted by atomic mass is 10.0. The summed E-state index contributed by atoms with van der Waals surface area (Å²) in [4.78, 5) is 2.50. The molecule has 2 N–H and O–H groups in total. The van der Waals surface area contributed by atoms with E-state index in [9.17, 15) is 0 Å². The molecule has 0 aromatic carbocycles. The lowest BCUT2D eigenvalue weighted by Crippen LogP contribution is -2.42. The maximum Gasteiger partial charge on any atom is 0.0698 e. The van der Waals surface area contributed by atoms with E-state index < -0.39 is 0 Å². The number of hydrogen-bond donors (Lipinski definition) is 1. The highest BCUT2D eigenvalue weighted by Crippen LogP contribution is 2.14. The maximum absolute atomic E-state index is 5.71. The Balaban J connectivity index is 2.29. The average Bonchev–Trinajstić information content (AvgIpc) is 2.26.